The van der Waals surface area contributed by atoms with Gasteiger partial charge in [0.1, 0.15) is 5.82 Å². The number of amides is 1. The van der Waals surface area contributed by atoms with E-state index in [0.29, 0.717) is 18.5 Å². The molecule has 0 fully saturated rings. The second kappa shape index (κ2) is 6.43. The number of carbonyl (C=O) groups is 1. The minimum atomic E-state index is -1.05. The van der Waals surface area contributed by atoms with Crippen molar-refractivity contribution in [1.82, 2.24) is 5.32 Å². The zero-order valence-corrected chi connectivity index (χ0v) is 11.4. The second-order valence-electron chi connectivity index (χ2n) is 4.71. The van der Waals surface area contributed by atoms with Gasteiger partial charge in [0.25, 0.3) is 5.91 Å². The highest BCUT2D eigenvalue weighted by Gasteiger charge is 2.13. The quantitative estimate of drug-likeness (QED) is 0.920. The van der Waals surface area contributed by atoms with Crippen LogP contribution in [0.5, 0.6) is 0 Å². The number of carbonyl (C=O) groups excluding carboxylic acids is 1. The van der Waals surface area contributed by atoms with Gasteiger partial charge < -0.3 is 5.32 Å². The van der Waals surface area contributed by atoms with Crippen LogP contribution in [0.1, 0.15) is 21.5 Å². The van der Waals surface area contributed by atoms with Crippen molar-refractivity contribution in [2.45, 2.75) is 13.3 Å². The van der Waals surface area contributed by atoms with Gasteiger partial charge in [-0.1, -0.05) is 12.1 Å². The number of rotatable bonds is 4. The Labute approximate surface area is 120 Å². The lowest BCUT2D eigenvalue weighted by molar-refractivity contribution is 0.0953. The molecule has 2 aromatic rings. The molecular formula is C16H14F3NO. The number of aryl methyl sites for hydroxylation is 1. The lowest BCUT2D eigenvalue weighted by Gasteiger charge is -2.08. The average Bonchev–Trinajstić information content (AvgIpc) is 2.45. The van der Waals surface area contributed by atoms with Crippen LogP contribution in [-0.4, -0.2) is 12.5 Å². The minimum Gasteiger partial charge on any atom is -0.352 e. The fourth-order valence-electron chi connectivity index (χ4n) is 1.96. The molecule has 0 unspecified atom stereocenters. The summed E-state index contributed by atoms with van der Waals surface area (Å²) in [6.07, 6.45) is 0.523. The van der Waals surface area contributed by atoms with Crippen molar-refractivity contribution in [1.29, 1.82) is 0 Å². The molecule has 0 atom stereocenters. The number of nitrogens with one attached hydrogen (secondary N) is 1. The predicted octanol–water partition coefficient (Wildman–Crippen LogP) is 3.38. The summed E-state index contributed by atoms with van der Waals surface area (Å²) in [5.41, 5.74) is 1.35. The fourth-order valence-corrected chi connectivity index (χ4v) is 1.96. The van der Waals surface area contributed by atoms with Crippen LogP contribution in [-0.2, 0) is 6.42 Å². The van der Waals surface area contributed by atoms with Crippen LogP contribution in [0.2, 0.25) is 0 Å². The number of hydrogen-bond acceptors (Lipinski definition) is 1. The number of hydrogen-bond donors (Lipinski definition) is 1. The lowest BCUT2D eigenvalue weighted by Crippen LogP contribution is -2.26. The van der Waals surface area contributed by atoms with Crippen LogP contribution >= 0.6 is 0 Å². The highest BCUT2D eigenvalue weighted by molar-refractivity contribution is 5.95. The molecule has 2 aromatic carbocycles. The van der Waals surface area contributed by atoms with Crippen molar-refractivity contribution in [3.05, 3.63) is 70.5 Å². The van der Waals surface area contributed by atoms with E-state index in [2.05, 4.69) is 5.32 Å². The van der Waals surface area contributed by atoms with Gasteiger partial charge in [-0.15, -0.1) is 0 Å². The van der Waals surface area contributed by atoms with Crippen molar-refractivity contribution in [2.75, 3.05) is 6.54 Å². The molecule has 110 valence electrons. The smallest absolute Gasteiger partial charge is 0.251 e. The van der Waals surface area contributed by atoms with Gasteiger partial charge in [0, 0.05) is 12.1 Å². The summed E-state index contributed by atoms with van der Waals surface area (Å²) in [6.45, 7) is 1.86. The maximum absolute atomic E-state index is 13.2. The van der Waals surface area contributed by atoms with E-state index in [9.17, 15) is 18.0 Å². The standard InChI is InChI=1S/C16H14F3NO/c1-10-8-14(18)15(19)9-13(10)16(21)20-7-6-11-2-4-12(17)5-3-11/h2-5,8-9H,6-7H2,1H3,(H,20,21). The van der Waals surface area contributed by atoms with Crippen LogP contribution in [0.25, 0.3) is 0 Å². The first-order valence-electron chi connectivity index (χ1n) is 6.45. The van der Waals surface area contributed by atoms with Crippen LogP contribution in [0, 0.1) is 24.4 Å². The van der Waals surface area contributed by atoms with Gasteiger partial charge in [0.2, 0.25) is 0 Å². The van der Waals surface area contributed by atoms with E-state index in [1.54, 1.807) is 12.1 Å². The predicted molar refractivity (Wildman–Crippen MR) is 73.5 cm³/mol. The Balaban J connectivity index is 1.96. The molecule has 21 heavy (non-hydrogen) atoms. The third-order valence-electron chi connectivity index (χ3n) is 3.12. The van der Waals surface area contributed by atoms with E-state index in [1.807, 2.05) is 0 Å². The van der Waals surface area contributed by atoms with E-state index in [1.165, 1.54) is 19.1 Å². The van der Waals surface area contributed by atoms with Gasteiger partial charge in [0.05, 0.1) is 0 Å². The van der Waals surface area contributed by atoms with Gasteiger partial charge in [-0.3, -0.25) is 4.79 Å². The highest BCUT2D eigenvalue weighted by atomic mass is 19.2. The highest BCUT2D eigenvalue weighted by Crippen LogP contribution is 2.14. The molecule has 0 aliphatic rings. The summed E-state index contributed by atoms with van der Waals surface area (Å²) in [6, 6.07) is 7.82. The summed E-state index contributed by atoms with van der Waals surface area (Å²) in [5.74, 6) is -2.81. The van der Waals surface area contributed by atoms with Crippen LogP contribution < -0.4 is 5.32 Å². The first-order chi connectivity index (χ1) is 9.97. The molecule has 0 heterocycles. The first-order valence-corrected chi connectivity index (χ1v) is 6.45. The summed E-state index contributed by atoms with van der Waals surface area (Å²) in [4.78, 5) is 11.9. The van der Waals surface area contributed by atoms with Crippen molar-refractivity contribution < 1.29 is 18.0 Å². The topological polar surface area (TPSA) is 29.1 Å². The first kappa shape index (κ1) is 15.1. The number of benzene rings is 2. The molecule has 0 spiro atoms. The van der Waals surface area contributed by atoms with Gasteiger partial charge in [-0.05, 0) is 48.7 Å². The minimum absolute atomic E-state index is 0.105. The molecule has 0 radical (unpaired) electrons. The SMILES string of the molecule is Cc1cc(F)c(F)cc1C(=O)NCCc1ccc(F)cc1. The Morgan fingerprint density at radius 2 is 1.67 bits per heavy atom. The molecule has 0 saturated carbocycles. The molecule has 2 nitrogen and oxygen atoms in total. The Hall–Kier alpha value is -2.30. The van der Waals surface area contributed by atoms with Gasteiger partial charge in [0.15, 0.2) is 11.6 Å². The molecule has 0 bridgehead atoms. The van der Waals surface area contributed by atoms with Crippen molar-refractivity contribution in [3.8, 4) is 0 Å². The maximum Gasteiger partial charge on any atom is 0.251 e. The summed E-state index contributed by atoms with van der Waals surface area (Å²) in [5, 5.41) is 2.63. The summed E-state index contributed by atoms with van der Waals surface area (Å²) in [7, 11) is 0. The van der Waals surface area contributed by atoms with Gasteiger partial charge >= 0.3 is 0 Å². The van der Waals surface area contributed by atoms with Crippen LogP contribution in [0.3, 0.4) is 0 Å². The summed E-state index contributed by atoms with van der Waals surface area (Å²) >= 11 is 0. The van der Waals surface area contributed by atoms with Crippen molar-refractivity contribution in [3.63, 3.8) is 0 Å². The fraction of sp³-hybridized carbons (Fsp3) is 0.188. The van der Waals surface area contributed by atoms with Gasteiger partial charge in [-0.2, -0.15) is 0 Å². The lowest BCUT2D eigenvalue weighted by atomic mass is 10.1. The van der Waals surface area contributed by atoms with E-state index in [-0.39, 0.29) is 11.4 Å². The molecule has 0 aliphatic heterocycles. The maximum atomic E-state index is 13.2. The molecular weight excluding hydrogens is 279 g/mol. The molecule has 0 aliphatic carbocycles. The van der Waals surface area contributed by atoms with Gasteiger partial charge in [-0.25, -0.2) is 13.2 Å². The third kappa shape index (κ3) is 3.84. The summed E-state index contributed by atoms with van der Waals surface area (Å²) < 4.78 is 38.9. The monoisotopic (exact) mass is 293 g/mol. The molecule has 2 rings (SSSR count). The molecule has 5 heteroatoms. The zero-order chi connectivity index (χ0) is 15.4. The van der Waals surface area contributed by atoms with E-state index in [4.69, 9.17) is 0 Å². The Morgan fingerprint density at radius 3 is 2.33 bits per heavy atom. The third-order valence-corrected chi connectivity index (χ3v) is 3.12. The van der Waals surface area contributed by atoms with E-state index in [0.717, 1.165) is 17.7 Å². The Kier molecular flexibility index (Phi) is 4.62. The Bertz CT molecular complexity index is 653. The van der Waals surface area contributed by atoms with Crippen molar-refractivity contribution in [2.24, 2.45) is 0 Å². The number of halogens is 3. The normalized spacial score (nSPS) is 10.5. The molecule has 0 aromatic heterocycles. The van der Waals surface area contributed by atoms with Crippen molar-refractivity contribution >= 4 is 5.91 Å². The Morgan fingerprint density at radius 1 is 1.05 bits per heavy atom. The molecule has 1 amide bonds. The second-order valence-corrected chi connectivity index (χ2v) is 4.71. The van der Waals surface area contributed by atoms with E-state index >= 15 is 0 Å². The molecule has 0 saturated heterocycles. The van der Waals surface area contributed by atoms with Crippen LogP contribution in [0.15, 0.2) is 36.4 Å². The zero-order valence-electron chi connectivity index (χ0n) is 11.4. The van der Waals surface area contributed by atoms with E-state index < -0.39 is 17.5 Å². The van der Waals surface area contributed by atoms with Crippen LogP contribution in [0.4, 0.5) is 13.2 Å². The average molecular weight is 293 g/mol. The largest absolute Gasteiger partial charge is 0.352 e. The molecule has 1 N–H and O–H groups in total.